The predicted octanol–water partition coefficient (Wildman–Crippen LogP) is 4.77. The molecule has 0 spiro atoms. The molecule has 1 aliphatic carbocycles. The molecule has 0 radical (unpaired) electrons. The minimum atomic E-state index is -0.859. The first-order valence-corrected chi connectivity index (χ1v) is 8.57. The lowest BCUT2D eigenvalue weighted by atomic mass is 9.75. The van der Waals surface area contributed by atoms with Gasteiger partial charge in [-0.25, -0.2) is 4.79 Å². The number of carboxylic acid groups (broad SMARTS) is 1. The van der Waals surface area contributed by atoms with Gasteiger partial charge in [0.05, 0.1) is 11.6 Å². The van der Waals surface area contributed by atoms with E-state index < -0.39 is 5.97 Å². The molecule has 4 rings (SSSR count). The molecule has 2 aliphatic rings. The summed E-state index contributed by atoms with van der Waals surface area (Å²) in [5.41, 5.74) is 5.10. The van der Waals surface area contributed by atoms with Crippen LogP contribution in [0.15, 0.2) is 54.6 Å². The van der Waals surface area contributed by atoms with Crippen LogP contribution in [0.3, 0.4) is 0 Å². The van der Waals surface area contributed by atoms with Crippen molar-refractivity contribution in [3.63, 3.8) is 0 Å². The highest BCUT2D eigenvalue weighted by atomic mass is 16.4. The van der Waals surface area contributed by atoms with Crippen LogP contribution in [0, 0.1) is 5.92 Å². The van der Waals surface area contributed by atoms with Crippen LogP contribution in [-0.4, -0.2) is 11.1 Å². The molecule has 3 atom stereocenters. The monoisotopic (exact) mass is 319 g/mol. The van der Waals surface area contributed by atoms with Crippen LogP contribution < -0.4 is 5.32 Å². The van der Waals surface area contributed by atoms with Crippen molar-refractivity contribution < 1.29 is 9.90 Å². The Morgan fingerprint density at radius 1 is 1.21 bits per heavy atom. The molecule has 3 nitrogen and oxygen atoms in total. The smallest absolute Gasteiger partial charge is 0.336 e. The van der Waals surface area contributed by atoms with Gasteiger partial charge in [-0.15, -0.1) is 0 Å². The quantitative estimate of drug-likeness (QED) is 0.801. The summed E-state index contributed by atoms with van der Waals surface area (Å²) in [5.74, 6) is -0.133. The Balaban J connectivity index is 1.81. The lowest BCUT2D eigenvalue weighted by Crippen LogP contribution is -2.30. The molecule has 0 unspecified atom stereocenters. The summed E-state index contributed by atoms with van der Waals surface area (Å²) in [6.07, 6.45) is 6.53. The number of aromatic carboxylic acids is 1. The molecule has 0 aromatic heterocycles. The van der Waals surface area contributed by atoms with Crippen molar-refractivity contribution >= 4 is 11.7 Å². The first kappa shape index (κ1) is 15.0. The van der Waals surface area contributed by atoms with Gasteiger partial charge in [0.25, 0.3) is 0 Å². The number of benzene rings is 2. The van der Waals surface area contributed by atoms with Crippen molar-refractivity contribution in [2.75, 3.05) is 5.32 Å². The maximum absolute atomic E-state index is 11.6. The van der Waals surface area contributed by atoms with E-state index in [1.165, 1.54) is 11.1 Å². The van der Waals surface area contributed by atoms with Gasteiger partial charge in [0.15, 0.2) is 0 Å². The Morgan fingerprint density at radius 3 is 2.83 bits per heavy atom. The standard InChI is InChI=1S/C21H21NO2/c1-2-13-10-11-19-18(12-13)14-8-5-9-15(14)20(22-19)16-6-3-4-7-17(16)21(23)24/h3-8,10-12,14-15,20,22H,2,9H2,1H3,(H,23,24)/t14-,15-,20-/m1/s1. The number of aryl methyl sites for hydroxylation is 1. The highest BCUT2D eigenvalue weighted by Gasteiger charge is 2.39. The fourth-order valence-electron chi connectivity index (χ4n) is 4.13. The molecule has 24 heavy (non-hydrogen) atoms. The van der Waals surface area contributed by atoms with Gasteiger partial charge in [-0.3, -0.25) is 0 Å². The van der Waals surface area contributed by atoms with Gasteiger partial charge in [0, 0.05) is 11.6 Å². The number of hydrogen-bond donors (Lipinski definition) is 2. The SMILES string of the molecule is CCc1ccc2c(c1)[C@@H]1C=CC[C@H]1[C@H](c1ccccc1C(=O)O)N2. The highest BCUT2D eigenvalue weighted by molar-refractivity contribution is 5.89. The van der Waals surface area contributed by atoms with E-state index in [0.29, 0.717) is 17.4 Å². The Bertz CT molecular complexity index is 824. The van der Waals surface area contributed by atoms with Gasteiger partial charge in [-0.2, -0.15) is 0 Å². The molecule has 2 aromatic carbocycles. The Hall–Kier alpha value is -2.55. The minimum Gasteiger partial charge on any atom is -0.478 e. The zero-order valence-corrected chi connectivity index (χ0v) is 13.7. The molecule has 122 valence electrons. The van der Waals surface area contributed by atoms with Crippen LogP contribution in [0.2, 0.25) is 0 Å². The number of fused-ring (bicyclic) bond motifs is 3. The van der Waals surface area contributed by atoms with Crippen LogP contribution in [0.4, 0.5) is 5.69 Å². The van der Waals surface area contributed by atoms with Crippen molar-refractivity contribution in [2.24, 2.45) is 5.92 Å². The van der Waals surface area contributed by atoms with E-state index in [0.717, 1.165) is 24.1 Å². The molecule has 0 amide bonds. The van der Waals surface area contributed by atoms with Gasteiger partial charge < -0.3 is 10.4 Å². The van der Waals surface area contributed by atoms with Gasteiger partial charge in [-0.1, -0.05) is 49.4 Å². The molecule has 2 N–H and O–H groups in total. The highest BCUT2D eigenvalue weighted by Crippen LogP contribution is 2.50. The molecule has 0 saturated carbocycles. The summed E-state index contributed by atoms with van der Waals surface area (Å²) < 4.78 is 0. The van der Waals surface area contributed by atoms with E-state index >= 15 is 0 Å². The van der Waals surface area contributed by atoms with Crippen LogP contribution >= 0.6 is 0 Å². The summed E-state index contributed by atoms with van der Waals surface area (Å²) in [5, 5.41) is 13.2. The van der Waals surface area contributed by atoms with Crippen LogP contribution in [-0.2, 0) is 6.42 Å². The molecule has 3 heteroatoms. The maximum atomic E-state index is 11.6. The lowest BCUT2D eigenvalue weighted by Gasteiger charge is -2.38. The first-order chi connectivity index (χ1) is 11.7. The average molecular weight is 319 g/mol. The zero-order valence-electron chi connectivity index (χ0n) is 13.7. The number of nitrogens with one attached hydrogen (secondary N) is 1. The minimum absolute atomic E-state index is 0.0253. The summed E-state index contributed by atoms with van der Waals surface area (Å²) in [6.45, 7) is 2.17. The third-order valence-electron chi connectivity index (χ3n) is 5.36. The molecule has 1 aliphatic heterocycles. The normalized spacial score (nSPS) is 24.1. The lowest BCUT2D eigenvalue weighted by molar-refractivity contribution is 0.0694. The topological polar surface area (TPSA) is 49.3 Å². The van der Waals surface area contributed by atoms with E-state index in [-0.39, 0.29) is 6.04 Å². The number of rotatable bonds is 3. The second kappa shape index (κ2) is 5.82. The molecule has 0 saturated heterocycles. The summed E-state index contributed by atoms with van der Waals surface area (Å²) in [7, 11) is 0. The Labute approximate surface area is 142 Å². The number of allylic oxidation sites excluding steroid dienone is 2. The largest absolute Gasteiger partial charge is 0.478 e. The first-order valence-electron chi connectivity index (χ1n) is 8.57. The predicted molar refractivity (Wildman–Crippen MR) is 95.6 cm³/mol. The van der Waals surface area contributed by atoms with Crippen molar-refractivity contribution in [2.45, 2.75) is 31.7 Å². The molecule has 0 bridgehead atoms. The fraction of sp³-hybridized carbons (Fsp3) is 0.286. The van der Waals surface area contributed by atoms with Crippen LogP contribution in [0.5, 0.6) is 0 Å². The zero-order chi connectivity index (χ0) is 16.7. The van der Waals surface area contributed by atoms with E-state index in [4.69, 9.17) is 0 Å². The number of anilines is 1. The van der Waals surface area contributed by atoms with Crippen molar-refractivity contribution in [1.29, 1.82) is 0 Å². The summed E-state index contributed by atoms with van der Waals surface area (Å²) in [4.78, 5) is 11.6. The molecule has 2 aromatic rings. The van der Waals surface area contributed by atoms with Crippen molar-refractivity contribution in [3.8, 4) is 0 Å². The maximum Gasteiger partial charge on any atom is 0.336 e. The van der Waals surface area contributed by atoms with Crippen LogP contribution in [0.1, 0.15) is 52.4 Å². The Morgan fingerprint density at radius 2 is 2.04 bits per heavy atom. The fourth-order valence-corrected chi connectivity index (χ4v) is 4.13. The van der Waals surface area contributed by atoms with E-state index in [1.54, 1.807) is 12.1 Å². The van der Waals surface area contributed by atoms with E-state index in [1.807, 2.05) is 12.1 Å². The second-order valence-corrected chi connectivity index (χ2v) is 6.64. The number of carboxylic acids is 1. The van der Waals surface area contributed by atoms with Crippen molar-refractivity contribution in [3.05, 3.63) is 76.9 Å². The number of hydrogen-bond acceptors (Lipinski definition) is 2. The summed E-state index contributed by atoms with van der Waals surface area (Å²) >= 11 is 0. The van der Waals surface area contributed by atoms with E-state index in [2.05, 4.69) is 42.6 Å². The van der Waals surface area contributed by atoms with Gasteiger partial charge in [0.1, 0.15) is 0 Å². The third-order valence-corrected chi connectivity index (χ3v) is 5.36. The molecule has 0 fully saturated rings. The van der Waals surface area contributed by atoms with Crippen LogP contribution in [0.25, 0.3) is 0 Å². The second-order valence-electron chi connectivity index (χ2n) is 6.64. The summed E-state index contributed by atoms with van der Waals surface area (Å²) in [6, 6.07) is 14.0. The third kappa shape index (κ3) is 2.32. The number of carbonyl (C=O) groups is 1. The molecular weight excluding hydrogens is 298 g/mol. The Kier molecular flexibility index (Phi) is 3.64. The van der Waals surface area contributed by atoms with Gasteiger partial charge in [-0.05, 0) is 47.6 Å². The average Bonchev–Trinajstić information content (AvgIpc) is 3.10. The van der Waals surface area contributed by atoms with Gasteiger partial charge >= 0.3 is 5.97 Å². The molecular formula is C21H21NO2. The molecule has 1 heterocycles. The van der Waals surface area contributed by atoms with Crippen molar-refractivity contribution in [1.82, 2.24) is 0 Å². The van der Waals surface area contributed by atoms with Gasteiger partial charge in [0.2, 0.25) is 0 Å². The van der Waals surface area contributed by atoms with E-state index in [9.17, 15) is 9.90 Å².